The van der Waals surface area contributed by atoms with E-state index in [1.54, 1.807) is 70.6 Å². The summed E-state index contributed by atoms with van der Waals surface area (Å²) in [5.41, 5.74) is 18.8. The first-order valence-electron chi connectivity index (χ1n) is 17.6. The van der Waals surface area contributed by atoms with Gasteiger partial charge in [-0.15, -0.1) is 0 Å². The molecule has 6 aliphatic heterocycles. The molecule has 0 aromatic heterocycles. The second-order valence-electron chi connectivity index (χ2n) is 13.3. The van der Waals surface area contributed by atoms with Crippen molar-refractivity contribution in [1.82, 2.24) is 0 Å². The maximum atomic E-state index is 6.17. The molecule has 0 unspecified atom stereocenters. The third kappa shape index (κ3) is 4.29. The van der Waals surface area contributed by atoms with Gasteiger partial charge in [0, 0.05) is 33.4 Å². The zero-order valence-corrected chi connectivity index (χ0v) is 33.0. The number of thioether (sulfide) groups is 6. The van der Waals surface area contributed by atoms with Crippen LogP contribution in [0.2, 0.25) is 0 Å². The predicted octanol–water partition coefficient (Wildman–Crippen LogP) is 11.7. The van der Waals surface area contributed by atoms with E-state index in [9.17, 15) is 0 Å². The van der Waals surface area contributed by atoms with Gasteiger partial charge in [0.25, 0.3) is 0 Å². The monoisotopic (exact) mass is 816 g/mol. The average molecular weight is 817 g/mol. The highest BCUT2D eigenvalue weighted by Gasteiger charge is 2.47. The molecule has 6 heterocycles. The second kappa shape index (κ2) is 11.9. The topological polar surface area (TPSA) is 55.4 Å². The molecule has 0 saturated heterocycles. The van der Waals surface area contributed by atoms with Gasteiger partial charge in [0.15, 0.2) is 0 Å². The van der Waals surface area contributed by atoms with E-state index in [1.807, 2.05) is 0 Å². The van der Waals surface area contributed by atoms with Crippen molar-refractivity contribution in [3.05, 3.63) is 149 Å². The van der Waals surface area contributed by atoms with E-state index in [1.165, 1.54) is 96.2 Å². The molecule has 0 saturated carbocycles. The molecule has 12 heteroatoms. The van der Waals surface area contributed by atoms with Crippen molar-refractivity contribution in [3.8, 4) is 33.4 Å². The summed E-state index contributed by atoms with van der Waals surface area (Å²) in [6.45, 7) is 3.37. The van der Waals surface area contributed by atoms with E-state index >= 15 is 0 Å². The lowest BCUT2D eigenvalue weighted by atomic mass is 9.84. The van der Waals surface area contributed by atoms with Crippen molar-refractivity contribution in [2.75, 3.05) is 39.6 Å². The molecular weight excluding hydrogens is 793 g/mol. The first-order valence-corrected chi connectivity index (χ1v) is 22.5. The van der Waals surface area contributed by atoms with Crippen LogP contribution in [-0.4, -0.2) is 39.6 Å². The van der Waals surface area contributed by atoms with Crippen LogP contribution < -0.4 is 0 Å². The lowest BCUT2D eigenvalue weighted by Crippen LogP contribution is -2.08. The zero-order chi connectivity index (χ0) is 35.1. The highest BCUT2D eigenvalue weighted by Crippen LogP contribution is 2.70. The molecule has 0 bridgehead atoms. The number of ether oxygens (including phenoxy) is 6. The lowest BCUT2D eigenvalue weighted by molar-refractivity contribution is 0.0949. The molecule has 13 rings (SSSR count). The van der Waals surface area contributed by atoms with Crippen molar-refractivity contribution in [2.45, 2.75) is 0 Å². The Hall–Kier alpha value is -3.78. The van der Waals surface area contributed by atoms with Crippen LogP contribution in [0.4, 0.5) is 0 Å². The second-order valence-corrected chi connectivity index (χ2v) is 20.0. The van der Waals surface area contributed by atoms with Crippen LogP contribution in [-0.2, 0) is 28.4 Å². The number of hydrogen-bond donors (Lipinski definition) is 0. The Morgan fingerprint density at radius 2 is 0.500 bits per heavy atom. The maximum Gasteiger partial charge on any atom is 0.208 e. The summed E-state index contributed by atoms with van der Waals surface area (Å²) in [7, 11) is 0. The summed E-state index contributed by atoms with van der Waals surface area (Å²) >= 11 is 10.2. The van der Waals surface area contributed by atoms with Crippen LogP contribution in [0.1, 0.15) is 33.4 Å². The Balaban J connectivity index is 1.18. The third-order valence-electron chi connectivity index (χ3n) is 10.5. The fourth-order valence-corrected chi connectivity index (χ4v) is 15.8. The fourth-order valence-electron chi connectivity index (χ4n) is 8.57. The molecule has 4 aromatic carbocycles. The number of hydrogen-bond acceptors (Lipinski definition) is 12. The van der Waals surface area contributed by atoms with Crippen molar-refractivity contribution in [3.63, 3.8) is 0 Å². The molecule has 3 aliphatic carbocycles. The van der Waals surface area contributed by atoms with Crippen molar-refractivity contribution in [1.29, 1.82) is 0 Å². The van der Waals surface area contributed by atoms with Crippen LogP contribution in [0, 0.1) is 0 Å². The Bertz CT molecular complexity index is 2310. The van der Waals surface area contributed by atoms with Crippen LogP contribution in [0.5, 0.6) is 0 Å². The molecule has 6 nitrogen and oxygen atoms in total. The van der Waals surface area contributed by atoms with Crippen LogP contribution in [0.25, 0.3) is 50.1 Å². The molecule has 0 atom stereocenters. The largest absolute Gasteiger partial charge is 0.480 e. The van der Waals surface area contributed by atoms with Gasteiger partial charge in [-0.1, -0.05) is 72.8 Å². The van der Waals surface area contributed by atoms with Gasteiger partial charge >= 0.3 is 0 Å². The Morgan fingerprint density at radius 1 is 0.278 bits per heavy atom. The first kappa shape index (κ1) is 31.4. The van der Waals surface area contributed by atoms with Crippen LogP contribution in [0.3, 0.4) is 0 Å². The fraction of sp³-hybridized carbons (Fsp3) is 0.143. The Labute approximate surface area is 335 Å². The van der Waals surface area contributed by atoms with E-state index in [0.717, 1.165) is 30.5 Å². The maximum absolute atomic E-state index is 6.17. The van der Waals surface area contributed by atoms with Gasteiger partial charge in [0.2, 0.25) is 30.5 Å². The zero-order valence-electron chi connectivity index (χ0n) is 28.1. The van der Waals surface area contributed by atoms with Gasteiger partial charge in [0.1, 0.15) is 39.6 Å². The Kier molecular flexibility index (Phi) is 6.90. The standard InChI is InChI=1S/C42H24O6S6/c1-4-10-22-19(7-1)25-31(28(22)40-49-34-35(50-40)44-14-13-43-34)26-21-9-3-6-12-24(21)30(42-53-38-39(54-42)48-18-17-47-38)33(26)27-20-8-2-5-11-23(20)29(32(25)27)41-51-36-37(52-41)46-16-15-45-36/h1-12H,13-18H2. The van der Waals surface area contributed by atoms with E-state index < -0.39 is 0 Å². The Morgan fingerprint density at radius 3 is 0.741 bits per heavy atom. The molecule has 0 amide bonds. The summed E-state index contributed by atoms with van der Waals surface area (Å²) in [5, 5.41) is 5.18. The molecule has 264 valence electrons. The summed E-state index contributed by atoms with van der Waals surface area (Å²) in [4.78, 5) is 0. The smallest absolute Gasteiger partial charge is 0.208 e. The first-order chi connectivity index (χ1) is 26.8. The normalized spacial score (nSPS) is 20.9. The summed E-state index contributed by atoms with van der Waals surface area (Å²) in [6, 6.07) is 26.9. The van der Waals surface area contributed by atoms with Crippen LogP contribution >= 0.6 is 70.6 Å². The summed E-state index contributed by atoms with van der Waals surface area (Å²) in [6.07, 6.45) is 0. The SMILES string of the molecule is c1ccc2c(c1)C(=C1SC3=C(OCCO3)S1)c1c-2c2c(c3c1-c1ccccc1C3=C1SC3=C(OCCO3)S1)-c1ccccc1C2=C1SC2=C(OCCO2)S1. The average Bonchev–Trinajstić information content (AvgIpc) is 4.06. The third-order valence-corrected chi connectivity index (χ3v) is 17.7. The number of fused-ring (bicyclic) bond motifs is 12. The molecule has 0 spiro atoms. The minimum Gasteiger partial charge on any atom is -0.480 e. The van der Waals surface area contributed by atoms with Crippen LogP contribution in [0.15, 0.2) is 116 Å². The highest BCUT2D eigenvalue weighted by atomic mass is 32.2. The minimum atomic E-state index is 0.562. The quantitative estimate of drug-likeness (QED) is 0.146. The summed E-state index contributed by atoms with van der Waals surface area (Å²) < 4.78 is 40.6. The van der Waals surface area contributed by atoms with E-state index in [4.69, 9.17) is 28.4 Å². The van der Waals surface area contributed by atoms with E-state index in [-0.39, 0.29) is 0 Å². The highest BCUT2D eigenvalue weighted by molar-refractivity contribution is 8.29. The van der Waals surface area contributed by atoms with Gasteiger partial charge in [0.05, 0.1) is 12.7 Å². The number of rotatable bonds is 0. The summed E-state index contributed by atoms with van der Waals surface area (Å²) in [5.74, 6) is 0. The van der Waals surface area contributed by atoms with Gasteiger partial charge in [-0.05, 0) is 121 Å². The molecule has 0 fully saturated rings. The molecular formula is C42H24O6S6. The number of benzene rings is 4. The lowest BCUT2D eigenvalue weighted by Gasteiger charge is -2.20. The van der Waals surface area contributed by atoms with Gasteiger partial charge in [-0.25, -0.2) is 0 Å². The minimum absolute atomic E-state index is 0.562. The molecule has 54 heavy (non-hydrogen) atoms. The van der Waals surface area contributed by atoms with Gasteiger partial charge in [-0.2, -0.15) is 0 Å². The molecule has 0 N–H and O–H groups in total. The van der Waals surface area contributed by atoms with E-state index in [2.05, 4.69) is 72.8 Å². The van der Waals surface area contributed by atoms with Gasteiger partial charge in [-0.3, -0.25) is 0 Å². The molecule has 9 aliphatic rings. The predicted molar refractivity (Wildman–Crippen MR) is 223 cm³/mol. The van der Waals surface area contributed by atoms with Crippen molar-refractivity contribution in [2.24, 2.45) is 0 Å². The van der Waals surface area contributed by atoms with Gasteiger partial charge < -0.3 is 28.4 Å². The molecule has 4 aromatic rings. The van der Waals surface area contributed by atoms with Crippen molar-refractivity contribution < 1.29 is 28.4 Å². The molecule has 0 radical (unpaired) electrons. The van der Waals surface area contributed by atoms with Crippen molar-refractivity contribution >= 4 is 87.3 Å². The van der Waals surface area contributed by atoms with E-state index in [0.29, 0.717) is 39.6 Å².